The summed E-state index contributed by atoms with van der Waals surface area (Å²) in [5.74, 6) is -0.836. The van der Waals surface area contributed by atoms with Crippen LogP contribution in [0.5, 0.6) is 0 Å². The van der Waals surface area contributed by atoms with Gasteiger partial charge in [0.1, 0.15) is 0 Å². The molecule has 0 aromatic carbocycles. The first-order valence-corrected chi connectivity index (χ1v) is 8.82. The molecule has 1 unspecified atom stereocenters. The van der Waals surface area contributed by atoms with Crippen molar-refractivity contribution in [2.45, 2.75) is 57.2 Å². The molecule has 1 aromatic heterocycles. The van der Waals surface area contributed by atoms with E-state index < -0.39 is 11.3 Å². The fourth-order valence-electron chi connectivity index (χ4n) is 1.84. The minimum absolute atomic E-state index is 0.289. The second-order valence-electron chi connectivity index (χ2n) is 4.82. The average Bonchev–Trinajstić information content (AvgIpc) is 2.88. The molecule has 1 heterocycles. The van der Waals surface area contributed by atoms with Crippen molar-refractivity contribution < 1.29 is 9.59 Å². The minimum Gasteiger partial charge on any atom is -0.295 e. The van der Waals surface area contributed by atoms with E-state index in [-0.39, 0.29) is 5.91 Å². The monoisotopic (exact) mass is 350 g/mol. The highest BCUT2D eigenvalue weighted by Crippen LogP contribution is 2.25. The maximum atomic E-state index is 11.8. The lowest BCUT2D eigenvalue weighted by Crippen LogP contribution is -2.32. The molecule has 0 aliphatic heterocycles. The number of amides is 2. The molecule has 1 atom stereocenters. The number of halogens is 2. The van der Waals surface area contributed by atoms with Gasteiger partial charge in [0.25, 0.3) is 5.91 Å². The molecule has 2 amide bonds. The first-order chi connectivity index (χ1) is 10.0. The van der Waals surface area contributed by atoms with Gasteiger partial charge in [-0.1, -0.05) is 50.6 Å². The maximum absolute atomic E-state index is 11.8. The van der Waals surface area contributed by atoms with Gasteiger partial charge in [0.15, 0.2) is 9.84 Å². The summed E-state index contributed by atoms with van der Waals surface area (Å²) in [7, 11) is 0. The number of carbonyl (C=O) groups excluding carboxylic acids is 2. The molecule has 0 bridgehead atoms. The average molecular weight is 351 g/mol. The fourth-order valence-corrected chi connectivity index (χ4v) is 2.88. The van der Waals surface area contributed by atoms with E-state index in [1.165, 1.54) is 30.6 Å². The van der Waals surface area contributed by atoms with Crippen LogP contribution in [-0.4, -0.2) is 16.8 Å². The number of unbranched alkanes of at least 4 members (excludes halogenated alkanes) is 5. The molecule has 0 saturated carbocycles. The molecular weight excluding hydrogens is 331 g/mol. The molecular formula is C14H20Cl2N2O2S. The summed E-state index contributed by atoms with van der Waals surface area (Å²) >= 11 is 12.8. The van der Waals surface area contributed by atoms with E-state index in [2.05, 4.69) is 17.2 Å². The third-order valence-corrected chi connectivity index (χ3v) is 4.42. The van der Waals surface area contributed by atoms with Crippen molar-refractivity contribution in [3.63, 3.8) is 0 Å². The standard InChI is InChI=1S/C14H20Cl2N2O2S/c1-2-3-4-5-6-7-8-11(19)18-13(20)12(15)10-9-21-14(16)17-10/h9,12H,2-8H2,1H3,(H,18,19,20). The van der Waals surface area contributed by atoms with Gasteiger partial charge in [0, 0.05) is 11.8 Å². The topological polar surface area (TPSA) is 59.1 Å². The highest BCUT2D eigenvalue weighted by Gasteiger charge is 2.22. The number of hydrogen-bond acceptors (Lipinski definition) is 4. The van der Waals surface area contributed by atoms with Crippen molar-refractivity contribution in [3.05, 3.63) is 15.5 Å². The van der Waals surface area contributed by atoms with Crippen molar-refractivity contribution >= 4 is 46.4 Å². The summed E-state index contributed by atoms with van der Waals surface area (Å²) in [6.07, 6.45) is 6.91. The van der Waals surface area contributed by atoms with Crippen molar-refractivity contribution in [1.29, 1.82) is 0 Å². The van der Waals surface area contributed by atoms with Gasteiger partial charge in [0.05, 0.1) is 5.69 Å². The Hall–Kier alpha value is -0.650. The second-order valence-corrected chi connectivity index (χ2v) is 6.69. The second kappa shape index (κ2) is 10.1. The summed E-state index contributed by atoms with van der Waals surface area (Å²) in [5.41, 5.74) is 0.372. The minimum atomic E-state index is -0.984. The zero-order chi connectivity index (χ0) is 15.7. The van der Waals surface area contributed by atoms with Gasteiger partial charge in [-0.15, -0.1) is 22.9 Å². The van der Waals surface area contributed by atoms with E-state index in [9.17, 15) is 9.59 Å². The zero-order valence-corrected chi connectivity index (χ0v) is 14.4. The smallest absolute Gasteiger partial charge is 0.250 e. The van der Waals surface area contributed by atoms with Gasteiger partial charge in [-0.25, -0.2) is 4.98 Å². The molecule has 0 fully saturated rings. The van der Waals surface area contributed by atoms with E-state index >= 15 is 0 Å². The highest BCUT2D eigenvalue weighted by atomic mass is 35.5. The van der Waals surface area contributed by atoms with Gasteiger partial charge in [-0.05, 0) is 6.42 Å². The van der Waals surface area contributed by atoms with Crippen molar-refractivity contribution in [3.8, 4) is 0 Å². The summed E-state index contributed by atoms with van der Waals surface area (Å²) < 4.78 is 0.321. The number of thiazole rings is 1. The van der Waals surface area contributed by atoms with E-state index in [1.54, 1.807) is 5.38 Å². The lowest BCUT2D eigenvalue weighted by atomic mass is 10.1. The van der Waals surface area contributed by atoms with Crippen LogP contribution in [0, 0.1) is 0 Å². The van der Waals surface area contributed by atoms with E-state index in [1.807, 2.05) is 0 Å². The first-order valence-electron chi connectivity index (χ1n) is 7.13. The molecule has 0 spiro atoms. The molecule has 7 heteroatoms. The van der Waals surface area contributed by atoms with Crippen LogP contribution in [0.15, 0.2) is 5.38 Å². The van der Waals surface area contributed by atoms with Crippen LogP contribution >= 0.6 is 34.5 Å². The van der Waals surface area contributed by atoms with Crippen LogP contribution in [0.4, 0.5) is 0 Å². The molecule has 4 nitrogen and oxygen atoms in total. The van der Waals surface area contributed by atoms with E-state index in [0.717, 1.165) is 19.3 Å². The molecule has 21 heavy (non-hydrogen) atoms. The number of alkyl halides is 1. The van der Waals surface area contributed by atoms with Gasteiger partial charge in [-0.3, -0.25) is 14.9 Å². The Kier molecular flexibility index (Phi) is 8.88. The van der Waals surface area contributed by atoms with E-state index in [4.69, 9.17) is 23.2 Å². The third kappa shape index (κ3) is 7.25. The molecule has 0 aliphatic carbocycles. The summed E-state index contributed by atoms with van der Waals surface area (Å²) in [4.78, 5) is 27.4. The number of aromatic nitrogens is 1. The van der Waals surface area contributed by atoms with Gasteiger partial charge in [0.2, 0.25) is 5.91 Å². The summed E-state index contributed by atoms with van der Waals surface area (Å²) in [5, 5.41) is 2.93. The van der Waals surface area contributed by atoms with Crippen LogP contribution in [0.2, 0.25) is 4.47 Å². The predicted molar refractivity (Wildman–Crippen MR) is 86.9 cm³/mol. The fraction of sp³-hybridized carbons (Fsp3) is 0.643. The Balaban J connectivity index is 2.23. The Bertz CT molecular complexity index is 466. The summed E-state index contributed by atoms with van der Waals surface area (Å²) in [6.45, 7) is 2.16. The number of hydrogen-bond donors (Lipinski definition) is 1. The third-order valence-electron chi connectivity index (χ3n) is 3.00. The van der Waals surface area contributed by atoms with Gasteiger partial charge < -0.3 is 0 Å². The van der Waals surface area contributed by atoms with E-state index in [0.29, 0.717) is 16.6 Å². The Morgan fingerprint density at radius 2 is 1.95 bits per heavy atom. The van der Waals surface area contributed by atoms with Gasteiger partial charge in [-0.2, -0.15) is 0 Å². The van der Waals surface area contributed by atoms with Crippen LogP contribution < -0.4 is 5.32 Å². The lowest BCUT2D eigenvalue weighted by molar-refractivity contribution is -0.130. The Labute approximate surface area is 139 Å². The molecule has 0 saturated heterocycles. The van der Waals surface area contributed by atoms with Crippen LogP contribution in [0.3, 0.4) is 0 Å². The SMILES string of the molecule is CCCCCCCCC(=O)NC(=O)C(Cl)c1csc(Cl)n1. The van der Waals surface area contributed by atoms with Crippen molar-refractivity contribution in [2.75, 3.05) is 0 Å². The number of nitrogens with zero attached hydrogens (tertiary/aromatic N) is 1. The normalized spacial score (nSPS) is 12.1. The first kappa shape index (κ1) is 18.4. The van der Waals surface area contributed by atoms with Crippen LogP contribution in [0.25, 0.3) is 0 Å². The van der Waals surface area contributed by atoms with Crippen LogP contribution in [0.1, 0.15) is 62.9 Å². The molecule has 1 aromatic rings. The molecule has 1 rings (SSSR count). The number of nitrogens with one attached hydrogen (secondary N) is 1. The number of rotatable bonds is 9. The molecule has 118 valence electrons. The highest BCUT2D eigenvalue weighted by molar-refractivity contribution is 7.14. The zero-order valence-electron chi connectivity index (χ0n) is 12.0. The van der Waals surface area contributed by atoms with Crippen molar-refractivity contribution in [2.24, 2.45) is 0 Å². The lowest BCUT2D eigenvalue weighted by Gasteiger charge is -2.07. The molecule has 0 radical (unpaired) electrons. The Morgan fingerprint density at radius 3 is 2.57 bits per heavy atom. The largest absolute Gasteiger partial charge is 0.295 e. The Morgan fingerprint density at radius 1 is 1.29 bits per heavy atom. The maximum Gasteiger partial charge on any atom is 0.250 e. The summed E-state index contributed by atoms with van der Waals surface area (Å²) in [6, 6.07) is 0. The molecule has 1 N–H and O–H groups in total. The number of carbonyl (C=O) groups is 2. The number of imide groups is 1. The van der Waals surface area contributed by atoms with Crippen LogP contribution in [-0.2, 0) is 9.59 Å². The van der Waals surface area contributed by atoms with Gasteiger partial charge >= 0.3 is 0 Å². The predicted octanol–water partition coefficient (Wildman–Crippen LogP) is 4.47. The van der Waals surface area contributed by atoms with Crippen molar-refractivity contribution in [1.82, 2.24) is 10.3 Å². The molecule has 0 aliphatic rings. The quantitative estimate of drug-likeness (QED) is 0.527.